The van der Waals surface area contributed by atoms with Gasteiger partial charge in [-0.15, -0.1) is 0 Å². The normalized spacial score (nSPS) is 20.1. The van der Waals surface area contributed by atoms with Crippen LogP contribution in [0.1, 0.15) is 23.7 Å². The van der Waals surface area contributed by atoms with Crippen molar-refractivity contribution in [3.63, 3.8) is 0 Å². The first kappa shape index (κ1) is 17.3. The minimum atomic E-state index is -1.28. The number of carbonyl (C=O) groups is 2. The third-order valence-corrected chi connectivity index (χ3v) is 3.52. The lowest BCUT2D eigenvalue weighted by Crippen LogP contribution is -2.22. The summed E-state index contributed by atoms with van der Waals surface area (Å²) in [6.45, 7) is 1.52. The van der Waals surface area contributed by atoms with Crippen molar-refractivity contribution in [2.24, 2.45) is 0 Å². The molecule has 1 N–H and O–H groups in total. The molecule has 0 heterocycles. The molecule has 0 aliphatic heterocycles. The van der Waals surface area contributed by atoms with Crippen LogP contribution in [0, 0.1) is 11.6 Å². The molecule has 0 radical (unpaired) electrons. The average molecular weight is 348 g/mol. The zero-order chi connectivity index (χ0) is 17.1. The van der Waals surface area contributed by atoms with E-state index in [9.17, 15) is 22.8 Å². The molecule has 1 aromatic rings. The maximum Gasteiger partial charge on any atom is 0.343 e. The lowest BCUT2D eigenvalue weighted by atomic mass is 10.0. The number of hydrogen-bond acceptors (Lipinski definition) is 4. The SMILES string of the molecule is CCOC(=O)/C(=C\NC1CC1F)C(=O)c1ccc(F)c(Cl)c1F. The number of rotatable bonds is 6. The number of esters is 1. The Labute approximate surface area is 135 Å². The first-order valence-electron chi connectivity index (χ1n) is 6.82. The largest absolute Gasteiger partial charge is 0.462 e. The Hall–Kier alpha value is -2.02. The third-order valence-electron chi connectivity index (χ3n) is 3.17. The molecule has 0 aromatic heterocycles. The van der Waals surface area contributed by atoms with Crippen molar-refractivity contribution in [2.75, 3.05) is 6.61 Å². The van der Waals surface area contributed by atoms with E-state index in [0.29, 0.717) is 0 Å². The molecule has 2 atom stereocenters. The van der Waals surface area contributed by atoms with Gasteiger partial charge in [0.1, 0.15) is 22.6 Å². The van der Waals surface area contributed by atoms with Crippen molar-refractivity contribution in [3.8, 4) is 0 Å². The number of benzene rings is 1. The van der Waals surface area contributed by atoms with Gasteiger partial charge < -0.3 is 10.1 Å². The van der Waals surface area contributed by atoms with Gasteiger partial charge in [0.15, 0.2) is 5.82 Å². The van der Waals surface area contributed by atoms with Crippen LogP contribution in [0.15, 0.2) is 23.9 Å². The van der Waals surface area contributed by atoms with Crippen LogP contribution >= 0.6 is 11.6 Å². The van der Waals surface area contributed by atoms with Crippen LogP contribution in [0.25, 0.3) is 0 Å². The number of hydrogen-bond donors (Lipinski definition) is 1. The average Bonchev–Trinajstić information content (AvgIpc) is 3.21. The summed E-state index contributed by atoms with van der Waals surface area (Å²) < 4.78 is 44.7. The summed E-state index contributed by atoms with van der Waals surface area (Å²) >= 11 is 5.43. The lowest BCUT2D eigenvalue weighted by molar-refractivity contribution is -0.138. The van der Waals surface area contributed by atoms with Crippen LogP contribution < -0.4 is 5.32 Å². The minimum Gasteiger partial charge on any atom is -0.462 e. The zero-order valence-electron chi connectivity index (χ0n) is 12.0. The maximum atomic E-state index is 13.9. The number of Topliss-reactive ketones (excluding diaryl/α,β-unsaturated/α-hetero) is 1. The van der Waals surface area contributed by atoms with Crippen molar-refractivity contribution in [3.05, 3.63) is 46.1 Å². The molecule has 8 heteroatoms. The van der Waals surface area contributed by atoms with E-state index >= 15 is 0 Å². The minimum absolute atomic E-state index is 0.00866. The van der Waals surface area contributed by atoms with Gasteiger partial charge in [-0.25, -0.2) is 18.0 Å². The van der Waals surface area contributed by atoms with E-state index in [-0.39, 0.29) is 13.0 Å². The van der Waals surface area contributed by atoms with Crippen molar-refractivity contribution < 1.29 is 27.5 Å². The van der Waals surface area contributed by atoms with Crippen molar-refractivity contribution in [1.82, 2.24) is 5.32 Å². The predicted molar refractivity (Wildman–Crippen MR) is 76.9 cm³/mol. The summed E-state index contributed by atoms with van der Waals surface area (Å²) in [7, 11) is 0. The molecule has 2 unspecified atom stereocenters. The summed E-state index contributed by atoms with van der Waals surface area (Å²) in [6.07, 6.45) is 0.167. The van der Waals surface area contributed by atoms with Gasteiger partial charge in [-0.1, -0.05) is 11.6 Å². The van der Waals surface area contributed by atoms with E-state index < -0.39 is 51.8 Å². The molecule has 124 valence electrons. The van der Waals surface area contributed by atoms with Gasteiger partial charge in [-0.3, -0.25) is 4.79 Å². The second-order valence-electron chi connectivity index (χ2n) is 4.86. The van der Waals surface area contributed by atoms with Gasteiger partial charge in [0, 0.05) is 12.6 Å². The second kappa shape index (κ2) is 7.04. The molecule has 1 aliphatic rings. The zero-order valence-corrected chi connectivity index (χ0v) is 12.8. The summed E-state index contributed by atoms with van der Waals surface area (Å²) in [5, 5.41) is 1.70. The van der Waals surface area contributed by atoms with E-state index in [4.69, 9.17) is 16.3 Å². The number of nitrogens with one attached hydrogen (secondary N) is 1. The first-order chi connectivity index (χ1) is 10.9. The Morgan fingerprint density at radius 2 is 2.09 bits per heavy atom. The molecular formula is C15H13ClF3NO3. The Balaban J connectivity index is 2.32. The highest BCUT2D eigenvalue weighted by Gasteiger charge is 2.37. The van der Waals surface area contributed by atoms with Crippen LogP contribution in [-0.2, 0) is 9.53 Å². The molecule has 1 saturated carbocycles. The molecule has 2 rings (SSSR count). The summed E-state index contributed by atoms with van der Waals surface area (Å²) in [4.78, 5) is 24.2. The summed E-state index contributed by atoms with van der Waals surface area (Å²) in [6, 6.07) is 1.18. The Bertz CT molecular complexity index is 678. The quantitative estimate of drug-likeness (QED) is 0.215. The van der Waals surface area contributed by atoms with Gasteiger partial charge in [0.25, 0.3) is 0 Å². The van der Waals surface area contributed by atoms with Gasteiger partial charge >= 0.3 is 5.97 Å². The number of alkyl halides is 1. The fourth-order valence-corrected chi connectivity index (χ4v) is 1.96. The standard InChI is InChI=1S/C15H13ClF3NO3/c1-2-23-15(22)8(6-20-11-5-10(11)18)14(21)7-3-4-9(17)12(16)13(7)19/h3-4,6,10-11,20H,2,5H2,1H3/b8-6-. The number of halogens is 4. The highest BCUT2D eigenvalue weighted by molar-refractivity contribution is 6.32. The van der Waals surface area contributed by atoms with Crippen LogP contribution in [0.4, 0.5) is 13.2 Å². The van der Waals surface area contributed by atoms with Gasteiger partial charge in [-0.05, 0) is 19.1 Å². The first-order valence-corrected chi connectivity index (χ1v) is 7.20. The van der Waals surface area contributed by atoms with Crippen LogP contribution in [0.5, 0.6) is 0 Å². The number of ketones is 1. The molecule has 1 fully saturated rings. The van der Waals surface area contributed by atoms with Gasteiger partial charge in [0.05, 0.1) is 18.2 Å². The van der Waals surface area contributed by atoms with E-state index in [1.54, 1.807) is 0 Å². The highest BCUT2D eigenvalue weighted by atomic mass is 35.5. The smallest absolute Gasteiger partial charge is 0.343 e. The molecule has 23 heavy (non-hydrogen) atoms. The third kappa shape index (κ3) is 3.85. The predicted octanol–water partition coefficient (Wildman–Crippen LogP) is 2.95. The van der Waals surface area contributed by atoms with Crippen molar-refractivity contribution in [2.45, 2.75) is 25.6 Å². The Morgan fingerprint density at radius 3 is 2.65 bits per heavy atom. The lowest BCUT2D eigenvalue weighted by Gasteiger charge is -2.09. The monoisotopic (exact) mass is 347 g/mol. The van der Waals surface area contributed by atoms with Crippen LogP contribution in [0.2, 0.25) is 5.02 Å². The van der Waals surface area contributed by atoms with E-state index in [1.807, 2.05) is 0 Å². The number of ether oxygens (including phenoxy) is 1. The Kier molecular flexibility index (Phi) is 5.30. The van der Waals surface area contributed by atoms with E-state index in [0.717, 1.165) is 18.3 Å². The van der Waals surface area contributed by atoms with Crippen molar-refractivity contribution in [1.29, 1.82) is 0 Å². The van der Waals surface area contributed by atoms with Crippen molar-refractivity contribution >= 4 is 23.4 Å². The van der Waals surface area contributed by atoms with Crippen LogP contribution in [0.3, 0.4) is 0 Å². The molecule has 4 nitrogen and oxygen atoms in total. The maximum absolute atomic E-state index is 13.9. The van der Waals surface area contributed by atoms with Crippen LogP contribution in [-0.4, -0.2) is 30.6 Å². The Morgan fingerprint density at radius 1 is 1.43 bits per heavy atom. The molecule has 0 bridgehead atoms. The molecular weight excluding hydrogens is 335 g/mol. The topological polar surface area (TPSA) is 55.4 Å². The second-order valence-corrected chi connectivity index (χ2v) is 5.23. The van der Waals surface area contributed by atoms with E-state index in [2.05, 4.69) is 5.32 Å². The highest BCUT2D eigenvalue weighted by Crippen LogP contribution is 2.26. The molecule has 1 aromatic carbocycles. The van der Waals surface area contributed by atoms with Gasteiger partial charge in [0.2, 0.25) is 5.78 Å². The van der Waals surface area contributed by atoms with Gasteiger partial charge in [-0.2, -0.15) is 0 Å². The summed E-state index contributed by atoms with van der Waals surface area (Å²) in [5.74, 6) is -4.34. The van der Waals surface area contributed by atoms with E-state index in [1.165, 1.54) is 6.92 Å². The fraction of sp³-hybridized carbons (Fsp3) is 0.333. The molecule has 0 saturated heterocycles. The molecule has 0 amide bonds. The fourth-order valence-electron chi connectivity index (χ4n) is 1.80. The number of carbonyl (C=O) groups excluding carboxylic acids is 2. The summed E-state index contributed by atoms with van der Waals surface area (Å²) in [5.41, 5.74) is -1.10. The molecule has 1 aliphatic carbocycles. The molecule has 0 spiro atoms.